The highest BCUT2D eigenvalue weighted by Gasteiger charge is 2.62. The Kier molecular flexibility index (Phi) is 8.61. The van der Waals surface area contributed by atoms with Gasteiger partial charge < -0.3 is 24.8 Å². The summed E-state index contributed by atoms with van der Waals surface area (Å²) in [5.41, 5.74) is 5.61. The quantitative estimate of drug-likeness (QED) is 0.327. The topological polar surface area (TPSA) is 104 Å². The molecule has 0 bridgehead atoms. The minimum atomic E-state index is -0.853. The zero-order chi connectivity index (χ0) is 31.1. The maximum Gasteiger partial charge on any atom is 0.325 e. The molecule has 0 radical (unpaired) electrons. The summed E-state index contributed by atoms with van der Waals surface area (Å²) in [6.07, 6.45) is 11.3. The number of rotatable bonds is 11. The van der Waals surface area contributed by atoms with E-state index in [9.17, 15) is 14.7 Å². The van der Waals surface area contributed by atoms with E-state index in [0.29, 0.717) is 19.8 Å². The van der Waals surface area contributed by atoms with Gasteiger partial charge in [-0.3, -0.25) is 14.5 Å². The number of pyridine rings is 1. The Morgan fingerprint density at radius 1 is 1.20 bits per heavy atom. The van der Waals surface area contributed by atoms with Crippen LogP contribution < -0.4 is 10.2 Å². The van der Waals surface area contributed by atoms with Crippen LogP contribution in [0.3, 0.4) is 0 Å². The lowest BCUT2D eigenvalue weighted by molar-refractivity contribution is -0.144. The summed E-state index contributed by atoms with van der Waals surface area (Å²) in [6.45, 7) is 5.05. The van der Waals surface area contributed by atoms with Crippen molar-refractivity contribution in [3.05, 3.63) is 52.2 Å². The van der Waals surface area contributed by atoms with Crippen molar-refractivity contribution in [2.45, 2.75) is 114 Å². The molecule has 5 aliphatic rings. The largest absolute Gasteiger partial charge is 0.480 e. The van der Waals surface area contributed by atoms with Crippen molar-refractivity contribution >= 4 is 23.4 Å². The number of hydrogen-bond acceptors (Lipinski definition) is 7. The molecule has 7 rings (SSSR count). The molecule has 2 N–H and O–H groups in total. The van der Waals surface area contributed by atoms with Crippen LogP contribution in [0, 0.1) is 6.92 Å². The van der Waals surface area contributed by atoms with Crippen LogP contribution in [0.15, 0.2) is 24.3 Å². The predicted molar refractivity (Wildman–Crippen MR) is 173 cm³/mol. The number of likely N-dealkylation sites (N-methyl/N-ethyl adjacent to an activating group) is 1. The number of aliphatic carboxylic acids is 1. The number of nitrogens with one attached hydrogen (secondary N) is 1. The Balaban J connectivity index is 0.993. The number of aromatic nitrogens is 1. The number of hydrogen-bond donors (Lipinski definition) is 2. The van der Waals surface area contributed by atoms with Gasteiger partial charge in [-0.2, -0.15) is 0 Å². The van der Waals surface area contributed by atoms with Crippen molar-refractivity contribution in [2.24, 2.45) is 0 Å². The fraction of sp³-hybridized carbons (Fsp3) is 0.639. The molecule has 0 unspecified atom stereocenters. The molecule has 9 heteroatoms. The van der Waals surface area contributed by atoms with Crippen LogP contribution in [0.1, 0.15) is 98.2 Å². The van der Waals surface area contributed by atoms with Gasteiger partial charge in [0.2, 0.25) is 5.91 Å². The third-order valence-corrected chi connectivity index (χ3v) is 11.0. The molecule has 1 aromatic carbocycles. The molecular weight excluding hydrogens is 568 g/mol. The lowest BCUT2D eigenvalue weighted by Crippen LogP contribution is -2.43. The first-order valence-electron chi connectivity index (χ1n) is 17.2. The molecule has 2 saturated carbocycles. The smallest absolute Gasteiger partial charge is 0.325 e. The maximum absolute atomic E-state index is 14.0. The molecule has 242 valence electrons. The van der Waals surface area contributed by atoms with Crippen molar-refractivity contribution < 1.29 is 24.2 Å². The van der Waals surface area contributed by atoms with E-state index in [2.05, 4.69) is 23.5 Å². The number of nitrogens with zero attached hydrogens (tertiary/aromatic N) is 3. The highest BCUT2D eigenvalue weighted by molar-refractivity contribution is 6.11. The number of carbonyl (C=O) groups excluding carboxylic acids is 1. The van der Waals surface area contributed by atoms with E-state index in [1.807, 2.05) is 29.8 Å². The Morgan fingerprint density at radius 2 is 2.02 bits per heavy atom. The van der Waals surface area contributed by atoms with Crippen molar-refractivity contribution in [1.29, 1.82) is 0 Å². The SMILES string of the molecule is Cc1cc([C@@H](C(=O)O)N(C)[C@H]2CC[C@H](OCCCCc3ccc4c(n3)NCCC4)C2)c2c(c1)N(C1CCOCC1)C(=O)C21CC1. The summed E-state index contributed by atoms with van der Waals surface area (Å²) >= 11 is 0. The van der Waals surface area contributed by atoms with Gasteiger partial charge in [-0.15, -0.1) is 0 Å². The second-order valence-corrected chi connectivity index (χ2v) is 14.0. The Bertz CT molecular complexity index is 1430. The average molecular weight is 617 g/mol. The van der Waals surface area contributed by atoms with Gasteiger partial charge in [0.1, 0.15) is 11.9 Å². The molecule has 4 heterocycles. The fourth-order valence-corrected chi connectivity index (χ4v) is 8.41. The number of anilines is 2. The van der Waals surface area contributed by atoms with Crippen LogP contribution in [0.25, 0.3) is 0 Å². The summed E-state index contributed by atoms with van der Waals surface area (Å²) in [5, 5.41) is 14.1. The van der Waals surface area contributed by atoms with Gasteiger partial charge in [0.05, 0.1) is 11.5 Å². The average Bonchev–Trinajstić information content (AvgIpc) is 3.63. The molecule has 3 fully saturated rings. The molecule has 45 heavy (non-hydrogen) atoms. The molecule has 3 atom stereocenters. The summed E-state index contributed by atoms with van der Waals surface area (Å²) in [6, 6.07) is 7.94. The first kappa shape index (κ1) is 30.6. The van der Waals surface area contributed by atoms with Crippen molar-refractivity contribution in [1.82, 2.24) is 9.88 Å². The lowest BCUT2D eigenvalue weighted by atomic mass is 9.87. The van der Waals surface area contributed by atoms with Gasteiger partial charge in [0.15, 0.2) is 0 Å². The van der Waals surface area contributed by atoms with E-state index >= 15 is 0 Å². The molecule has 2 aliphatic carbocycles. The number of benzene rings is 1. The van der Waals surface area contributed by atoms with Gasteiger partial charge in [-0.05, 0) is 125 Å². The Morgan fingerprint density at radius 3 is 2.80 bits per heavy atom. The number of carboxylic acid groups (broad SMARTS) is 1. The number of carbonyl (C=O) groups is 2. The molecule has 3 aliphatic heterocycles. The van der Waals surface area contributed by atoms with Gasteiger partial charge in [-0.25, -0.2) is 4.98 Å². The summed E-state index contributed by atoms with van der Waals surface area (Å²) in [5.74, 6) is 0.367. The summed E-state index contributed by atoms with van der Waals surface area (Å²) < 4.78 is 11.9. The summed E-state index contributed by atoms with van der Waals surface area (Å²) in [4.78, 5) is 35.9. The summed E-state index contributed by atoms with van der Waals surface area (Å²) in [7, 11) is 1.95. The van der Waals surface area contributed by atoms with E-state index < -0.39 is 17.4 Å². The lowest BCUT2D eigenvalue weighted by Gasteiger charge is -2.33. The van der Waals surface area contributed by atoms with Crippen LogP contribution in [-0.2, 0) is 37.3 Å². The maximum atomic E-state index is 14.0. The van der Waals surface area contributed by atoms with Crippen molar-refractivity contribution in [2.75, 3.05) is 43.6 Å². The monoisotopic (exact) mass is 616 g/mol. The highest BCUT2D eigenvalue weighted by atomic mass is 16.5. The number of carboxylic acids is 1. The fourth-order valence-electron chi connectivity index (χ4n) is 8.41. The number of aryl methyl sites for hydroxylation is 3. The first-order valence-corrected chi connectivity index (χ1v) is 17.2. The minimum Gasteiger partial charge on any atom is -0.480 e. The Hall–Kier alpha value is -3.01. The Labute approximate surface area is 266 Å². The molecule has 2 aromatic rings. The number of unbranched alkanes of at least 4 members (excludes halogenated alkanes) is 1. The molecule has 1 aromatic heterocycles. The van der Waals surface area contributed by atoms with E-state index in [0.717, 1.165) is 111 Å². The van der Waals surface area contributed by atoms with Crippen LogP contribution in [0.2, 0.25) is 0 Å². The standard InChI is InChI=1S/C36H48N4O5/c1-23-20-29(31-30(21-23)40(26-12-18-44-19-13-26)35(43)36(31)14-15-36)32(34(41)42)39(2)27-10-11-28(22-27)45-17-4-3-7-25-9-8-24-6-5-16-37-33(24)38-25/h8-9,20-21,26-28,32H,3-7,10-19,22H2,1-2H3,(H,37,38)(H,41,42)/t27-,28-,32-/m0/s1. The van der Waals surface area contributed by atoms with Crippen LogP contribution >= 0.6 is 0 Å². The third kappa shape index (κ3) is 5.87. The van der Waals surface area contributed by atoms with Crippen LogP contribution in [0.4, 0.5) is 11.5 Å². The predicted octanol–water partition coefficient (Wildman–Crippen LogP) is 5.32. The second-order valence-electron chi connectivity index (χ2n) is 14.0. The zero-order valence-corrected chi connectivity index (χ0v) is 26.9. The van der Waals surface area contributed by atoms with Gasteiger partial charge >= 0.3 is 5.97 Å². The van der Waals surface area contributed by atoms with Crippen LogP contribution in [0.5, 0.6) is 0 Å². The van der Waals surface area contributed by atoms with E-state index in [4.69, 9.17) is 14.5 Å². The van der Waals surface area contributed by atoms with E-state index in [-0.39, 0.29) is 24.1 Å². The number of fused-ring (bicyclic) bond motifs is 3. The molecule has 1 saturated heterocycles. The normalized spacial score (nSPS) is 24.5. The molecule has 9 nitrogen and oxygen atoms in total. The number of ether oxygens (including phenoxy) is 2. The molecule has 1 amide bonds. The molecular formula is C36H48N4O5. The zero-order valence-electron chi connectivity index (χ0n) is 26.9. The number of amides is 1. The van der Waals surface area contributed by atoms with E-state index in [1.165, 1.54) is 12.0 Å². The van der Waals surface area contributed by atoms with Gasteiger partial charge in [0.25, 0.3) is 0 Å². The first-order chi connectivity index (χ1) is 21.9. The van der Waals surface area contributed by atoms with Crippen molar-refractivity contribution in [3.63, 3.8) is 0 Å². The van der Waals surface area contributed by atoms with Crippen molar-refractivity contribution in [3.8, 4) is 0 Å². The van der Waals surface area contributed by atoms with E-state index in [1.54, 1.807) is 0 Å². The minimum absolute atomic E-state index is 0.110. The van der Waals surface area contributed by atoms with Gasteiger partial charge in [-0.1, -0.05) is 12.1 Å². The molecule has 1 spiro atoms. The third-order valence-electron chi connectivity index (χ3n) is 11.0. The van der Waals surface area contributed by atoms with Crippen LogP contribution in [-0.4, -0.2) is 78.5 Å². The second kappa shape index (κ2) is 12.6. The highest BCUT2D eigenvalue weighted by Crippen LogP contribution is 2.60. The van der Waals surface area contributed by atoms with Gasteiger partial charge in [0, 0.05) is 49.8 Å².